The third-order valence-electron chi connectivity index (χ3n) is 5.41. The highest BCUT2D eigenvalue weighted by molar-refractivity contribution is 5.55. The zero-order valence-corrected chi connectivity index (χ0v) is 15.6. The molecule has 0 bridgehead atoms. The molecule has 1 aliphatic heterocycles. The minimum Gasteiger partial charge on any atom is -0.309 e. The van der Waals surface area contributed by atoms with Crippen LogP contribution in [0.3, 0.4) is 0 Å². The molecule has 1 aliphatic rings. The predicted octanol–water partition coefficient (Wildman–Crippen LogP) is 4.55. The molecule has 0 spiro atoms. The number of hydrogen-bond donors (Lipinski definition) is 0. The van der Waals surface area contributed by atoms with Crippen LogP contribution >= 0.6 is 0 Å². The molecule has 28 heavy (non-hydrogen) atoms. The van der Waals surface area contributed by atoms with Crippen molar-refractivity contribution in [3.8, 4) is 11.4 Å². The zero-order chi connectivity index (χ0) is 18.8. The first kappa shape index (κ1) is 16.9. The maximum atomic E-state index is 4.52. The minimum atomic E-state index is 0.216. The van der Waals surface area contributed by atoms with Crippen LogP contribution < -0.4 is 0 Å². The molecule has 4 heteroatoms. The van der Waals surface area contributed by atoms with Gasteiger partial charge in [-0.3, -0.25) is 4.90 Å². The van der Waals surface area contributed by atoms with E-state index in [0.717, 1.165) is 36.8 Å². The topological polar surface area (TPSA) is 34.0 Å². The maximum absolute atomic E-state index is 4.52. The number of benzene rings is 3. The average molecular weight is 366 g/mol. The lowest BCUT2D eigenvalue weighted by Crippen LogP contribution is -2.37. The molecule has 5 rings (SSSR count). The zero-order valence-electron chi connectivity index (χ0n) is 15.6. The Morgan fingerprint density at radius 2 is 1.21 bits per heavy atom. The quantitative estimate of drug-likeness (QED) is 0.531. The minimum absolute atomic E-state index is 0.216. The Morgan fingerprint density at radius 3 is 1.82 bits per heavy atom. The fourth-order valence-corrected chi connectivity index (χ4v) is 4.08. The van der Waals surface area contributed by atoms with Crippen molar-refractivity contribution in [1.82, 2.24) is 19.7 Å². The van der Waals surface area contributed by atoms with Crippen molar-refractivity contribution >= 4 is 0 Å². The van der Waals surface area contributed by atoms with E-state index in [0.29, 0.717) is 0 Å². The second kappa shape index (κ2) is 7.41. The molecule has 138 valence electrons. The second-order valence-corrected chi connectivity index (χ2v) is 7.15. The van der Waals surface area contributed by atoms with Crippen LogP contribution in [-0.2, 0) is 13.1 Å². The maximum Gasteiger partial charge on any atom is 0.164 e. The van der Waals surface area contributed by atoms with Crippen LogP contribution in [0, 0.1) is 0 Å². The molecule has 0 atom stereocenters. The standard InChI is InChI=1S/C24H22N4/c1-4-10-19(11-5-1)23(20-12-6-2-7-13-20)27-16-17-28-22(18-27)25-26-24(28)21-14-8-3-9-15-21/h1-15,23H,16-18H2. The molecule has 0 amide bonds. The number of hydrogen-bond acceptors (Lipinski definition) is 3. The summed E-state index contributed by atoms with van der Waals surface area (Å²) in [5, 5.41) is 9.02. The van der Waals surface area contributed by atoms with E-state index in [2.05, 4.69) is 92.5 Å². The van der Waals surface area contributed by atoms with Gasteiger partial charge in [0.05, 0.1) is 12.6 Å². The van der Waals surface area contributed by atoms with Gasteiger partial charge in [-0.25, -0.2) is 0 Å². The Kier molecular flexibility index (Phi) is 4.47. The molecule has 0 saturated heterocycles. The molecule has 0 aliphatic carbocycles. The van der Waals surface area contributed by atoms with Gasteiger partial charge in [0.2, 0.25) is 0 Å². The van der Waals surface area contributed by atoms with Gasteiger partial charge in [-0.2, -0.15) is 0 Å². The van der Waals surface area contributed by atoms with Crippen LogP contribution in [0.2, 0.25) is 0 Å². The van der Waals surface area contributed by atoms with E-state index in [1.807, 2.05) is 18.2 Å². The van der Waals surface area contributed by atoms with Gasteiger partial charge in [0.1, 0.15) is 5.82 Å². The van der Waals surface area contributed by atoms with E-state index in [1.165, 1.54) is 11.1 Å². The van der Waals surface area contributed by atoms with Crippen LogP contribution in [0.25, 0.3) is 11.4 Å². The summed E-state index contributed by atoms with van der Waals surface area (Å²) in [6, 6.07) is 32.0. The van der Waals surface area contributed by atoms with Gasteiger partial charge in [0.15, 0.2) is 5.82 Å². The molecule has 4 nitrogen and oxygen atoms in total. The molecule has 0 saturated carbocycles. The van der Waals surface area contributed by atoms with E-state index >= 15 is 0 Å². The lowest BCUT2D eigenvalue weighted by molar-refractivity contribution is 0.176. The Hall–Kier alpha value is -3.24. The highest BCUT2D eigenvalue weighted by Gasteiger charge is 2.28. The summed E-state index contributed by atoms with van der Waals surface area (Å²) in [5.41, 5.74) is 3.74. The van der Waals surface area contributed by atoms with E-state index in [-0.39, 0.29) is 6.04 Å². The third-order valence-corrected chi connectivity index (χ3v) is 5.41. The summed E-state index contributed by atoms with van der Waals surface area (Å²) < 4.78 is 2.26. The van der Waals surface area contributed by atoms with Crippen molar-refractivity contribution in [2.24, 2.45) is 0 Å². The molecule has 0 unspecified atom stereocenters. The summed E-state index contributed by atoms with van der Waals surface area (Å²) in [6.07, 6.45) is 0. The smallest absolute Gasteiger partial charge is 0.164 e. The van der Waals surface area contributed by atoms with Crippen molar-refractivity contribution < 1.29 is 0 Å². The van der Waals surface area contributed by atoms with Gasteiger partial charge in [0, 0.05) is 18.7 Å². The van der Waals surface area contributed by atoms with Gasteiger partial charge in [-0.05, 0) is 11.1 Å². The lowest BCUT2D eigenvalue weighted by atomic mass is 9.96. The molecule has 4 aromatic rings. The molecule has 1 aromatic heterocycles. The Bertz CT molecular complexity index is 1000. The third kappa shape index (κ3) is 3.12. The van der Waals surface area contributed by atoms with E-state index < -0.39 is 0 Å². The number of nitrogens with zero attached hydrogens (tertiary/aromatic N) is 4. The van der Waals surface area contributed by atoms with Gasteiger partial charge < -0.3 is 4.57 Å². The summed E-state index contributed by atoms with van der Waals surface area (Å²) in [5.74, 6) is 1.99. The van der Waals surface area contributed by atoms with E-state index in [9.17, 15) is 0 Å². The highest BCUT2D eigenvalue weighted by Crippen LogP contribution is 2.32. The molecular formula is C24H22N4. The van der Waals surface area contributed by atoms with E-state index in [1.54, 1.807) is 0 Å². The Labute approximate surface area is 165 Å². The first-order chi connectivity index (χ1) is 13.9. The fraction of sp³-hybridized carbons (Fsp3) is 0.167. The summed E-state index contributed by atoms with van der Waals surface area (Å²) >= 11 is 0. The summed E-state index contributed by atoms with van der Waals surface area (Å²) in [7, 11) is 0. The van der Waals surface area contributed by atoms with E-state index in [4.69, 9.17) is 0 Å². The second-order valence-electron chi connectivity index (χ2n) is 7.15. The fourth-order valence-electron chi connectivity index (χ4n) is 4.08. The van der Waals surface area contributed by atoms with Crippen LogP contribution in [0.15, 0.2) is 91.0 Å². The summed E-state index contributed by atoms with van der Waals surface area (Å²) in [4.78, 5) is 2.50. The van der Waals surface area contributed by atoms with Crippen molar-refractivity contribution in [3.05, 3.63) is 108 Å². The van der Waals surface area contributed by atoms with Gasteiger partial charge in [-0.15, -0.1) is 10.2 Å². The molecule has 2 heterocycles. The predicted molar refractivity (Wildman–Crippen MR) is 111 cm³/mol. The molecule has 3 aromatic carbocycles. The molecular weight excluding hydrogens is 344 g/mol. The number of aromatic nitrogens is 3. The van der Waals surface area contributed by atoms with Crippen molar-refractivity contribution in [2.45, 2.75) is 19.1 Å². The molecule has 0 N–H and O–H groups in total. The monoisotopic (exact) mass is 366 g/mol. The van der Waals surface area contributed by atoms with Crippen molar-refractivity contribution in [3.63, 3.8) is 0 Å². The van der Waals surface area contributed by atoms with Crippen LogP contribution in [0.4, 0.5) is 0 Å². The van der Waals surface area contributed by atoms with Crippen molar-refractivity contribution in [1.29, 1.82) is 0 Å². The van der Waals surface area contributed by atoms with Crippen LogP contribution in [0.1, 0.15) is 23.0 Å². The van der Waals surface area contributed by atoms with Crippen LogP contribution in [-0.4, -0.2) is 26.2 Å². The SMILES string of the molecule is c1ccc(-c2nnc3n2CCN(C(c2ccccc2)c2ccccc2)C3)cc1. The number of fused-ring (bicyclic) bond motifs is 1. The lowest BCUT2D eigenvalue weighted by Gasteiger charge is -2.35. The first-order valence-electron chi connectivity index (χ1n) is 9.71. The molecule has 0 fully saturated rings. The van der Waals surface area contributed by atoms with Crippen LogP contribution in [0.5, 0.6) is 0 Å². The molecule has 0 radical (unpaired) electrons. The van der Waals surface area contributed by atoms with Crippen molar-refractivity contribution in [2.75, 3.05) is 6.54 Å². The highest BCUT2D eigenvalue weighted by atomic mass is 15.3. The van der Waals surface area contributed by atoms with Gasteiger partial charge in [0.25, 0.3) is 0 Å². The normalized spacial score (nSPS) is 14.2. The summed E-state index contributed by atoms with van der Waals surface area (Å²) in [6.45, 7) is 2.64. The largest absolute Gasteiger partial charge is 0.309 e. The number of rotatable bonds is 4. The average Bonchev–Trinajstić information content (AvgIpc) is 3.19. The van der Waals surface area contributed by atoms with Gasteiger partial charge >= 0.3 is 0 Å². The Balaban J connectivity index is 1.49. The Morgan fingerprint density at radius 1 is 0.643 bits per heavy atom. The first-order valence-corrected chi connectivity index (χ1v) is 9.71. The van der Waals surface area contributed by atoms with Gasteiger partial charge in [-0.1, -0.05) is 91.0 Å².